The lowest BCUT2D eigenvalue weighted by molar-refractivity contribution is -0.132. The third-order valence-electron chi connectivity index (χ3n) is 3.03. The third-order valence-corrected chi connectivity index (χ3v) is 3.03. The number of hydrogen-bond donors (Lipinski definition) is 1. The van der Waals surface area contributed by atoms with E-state index < -0.39 is 5.97 Å². The minimum Gasteiger partial charge on any atom is -0.478 e. The van der Waals surface area contributed by atoms with Gasteiger partial charge in [-0.05, 0) is 24.6 Å². The molecule has 124 valence electrons. The topological polar surface area (TPSA) is 85.8 Å². The molecule has 1 N–H and O–H groups in total. The molecule has 0 aliphatic carbocycles. The van der Waals surface area contributed by atoms with E-state index >= 15 is 0 Å². The van der Waals surface area contributed by atoms with Crippen LogP contribution in [0.2, 0.25) is 0 Å². The van der Waals surface area contributed by atoms with Crippen molar-refractivity contribution in [2.75, 3.05) is 13.6 Å². The second-order valence-electron chi connectivity index (χ2n) is 4.65. The largest absolute Gasteiger partial charge is 0.478 e. The van der Waals surface area contributed by atoms with Gasteiger partial charge in [0.05, 0.1) is 23.4 Å². The van der Waals surface area contributed by atoms with Crippen molar-refractivity contribution in [1.82, 2.24) is 0 Å². The molecule has 0 saturated heterocycles. The van der Waals surface area contributed by atoms with Crippen LogP contribution in [0, 0.1) is 17.1 Å². The van der Waals surface area contributed by atoms with E-state index in [1.165, 1.54) is 12.3 Å². The molecule has 0 radical (unpaired) electrons. The number of aliphatic carboxylic acids is 1. The highest BCUT2D eigenvalue weighted by Gasteiger charge is 2.12. The van der Waals surface area contributed by atoms with Crippen LogP contribution >= 0.6 is 0 Å². The molecule has 0 fully saturated rings. The van der Waals surface area contributed by atoms with Crippen molar-refractivity contribution in [2.24, 2.45) is 9.98 Å². The average Bonchev–Trinajstić information content (AvgIpc) is 3.11. The number of rotatable bonds is 4. The van der Waals surface area contributed by atoms with Gasteiger partial charge >= 0.3 is 5.97 Å². The smallest absolute Gasteiger partial charge is 0.336 e. The number of carbonyl (C=O) groups is 1. The van der Waals surface area contributed by atoms with Crippen LogP contribution in [0.4, 0.5) is 4.39 Å². The molecule has 1 aliphatic rings. The minimum atomic E-state index is -0.897. The highest BCUT2D eigenvalue weighted by molar-refractivity contribution is 6.15. The molecule has 0 amide bonds. The highest BCUT2D eigenvalue weighted by Crippen LogP contribution is 2.13. The third kappa shape index (κ3) is 5.29. The van der Waals surface area contributed by atoms with Gasteiger partial charge in [0.15, 0.2) is 0 Å². The van der Waals surface area contributed by atoms with Crippen LogP contribution in [0.15, 0.2) is 57.5 Å². The zero-order valence-corrected chi connectivity index (χ0v) is 13.5. The van der Waals surface area contributed by atoms with Crippen molar-refractivity contribution in [2.45, 2.75) is 13.3 Å². The molecule has 6 heteroatoms. The SMILES string of the molecule is CC/C=C(/C#N)C(=NC)c1ccccc1F.O=C(O)C1=CCN=C1. The van der Waals surface area contributed by atoms with Crippen molar-refractivity contribution in [3.8, 4) is 6.07 Å². The Hall–Kier alpha value is -3.07. The Balaban J connectivity index is 0.000000300. The van der Waals surface area contributed by atoms with Crippen molar-refractivity contribution >= 4 is 17.9 Å². The van der Waals surface area contributed by atoms with Crippen LogP contribution < -0.4 is 0 Å². The molecule has 0 unspecified atom stereocenters. The maximum atomic E-state index is 13.5. The number of hydrogen-bond acceptors (Lipinski definition) is 4. The summed E-state index contributed by atoms with van der Waals surface area (Å²) in [6, 6.07) is 8.37. The Bertz CT molecular complexity index is 756. The van der Waals surface area contributed by atoms with E-state index in [1.807, 2.05) is 13.0 Å². The first kappa shape index (κ1) is 19.0. The monoisotopic (exact) mass is 327 g/mol. The van der Waals surface area contributed by atoms with Crippen LogP contribution in [-0.2, 0) is 4.79 Å². The van der Waals surface area contributed by atoms with Crippen LogP contribution in [0.5, 0.6) is 0 Å². The summed E-state index contributed by atoms with van der Waals surface area (Å²) in [6.45, 7) is 2.44. The molecule has 0 atom stereocenters. The number of nitriles is 1. The molecule has 5 nitrogen and oxygen atoms in total. The summed E-state index contributed by atoms with van der Waals surface area (Å²) in [5, 5.41) is 17.2. The molecule has 0 aromatic heterocycles. The minimum absolute atomic E-state index is 0.296. The number of benzene rings is 1. The van der Waals surface area contributed by atoms with Gasteiger partial charge in [-0.1, -0.05) is 25.1 Å². The van der Waals surface area contributed by atoms with Gasteiger partial charge in [-0.3, -0.25) is 9.98 Å². The molecule has 24 heavy (non-hydrogen) atoms. The summed E-state index contributed by atoms with van der Waals surface area (Å²) in [4.78, 5) is 17.7. The fraction of sp³-hybridized carbons (Fsp3) is 0.222. The Kier molecular flexibility index (Phi) is 7.79. The van der Waals surface area contributed by atoms with E-state index in [4.69, 9.17) is 10.4 Å². The predicted octanol–water partition coefficient (Wildman–Crippen LogP) is 3.19. The summed E-state index contributed by atoms with van der Waals surface area (Å²) in [5.41, 5.74) is 1.48. The summed E-state index contributed by atoms with van der Waals surface area (Å²) >= 11 is 0. The van der Waals surface area contributed by atoms with Crippen LogP contribution in [0.1, 0.15) is 18.9 Å². The van der Waals surface area contributed by atoms with Gasteiger partial charge in [-0.25, -0.2) is 9.18 Å². The van der Waals surface area contributed by atoms with Crippen molar-refractivity contribution < 1.29 is 14.3 Å². The van der Waals surface area contributed by atoms with Crippen molar-refractivity contribution in [3.63, 3.8) is 0 Å². The standard InChI is InChI=1S/C13H13FN2.C5H5NO2/c1-3-6-10(9-15)13(16-2)11-7-4-5-8-12(11)14;7-5(8)4-1-2-6-3-4/h4-8H,3H2,1-2H3;1,3H,2H2,(H,7,8)/b10-6-,16-13?;. The summed E-state index contributed by atoms with van der Waals surface area (Å²) in [6.07, 6.45) is 5.40. The first-order valence-corrected chi connectivity index (χ1v) is 7.30. The van der Waals surface area contributed by atoms with Gasteiger partial charge in [0.25, 0.3) is 0 Å². The summed E-state index contributed by atoms with van der Waals surface area (Å²) in [7, 11) is 1.56. The maximum Gasteiger partial charge on any atom is 0.336 e. The van der Waals surface area contributed by atoms with Crippen LogP contribution in [0.3, 0.4) is 0 Å². The van der Waals surface area contributed by atoms with E-state index in [1.54, 1.807) is 37.4 Å². The van der Waals surface area contributed by atoms with Gasteiger partial charge in [-0.2, -0.15) is 5.26 Å². The number of carboxylic acid groups (broad SMARTS) is 1. The summed E-state index contributed by atoms with van der Waals surface area (Å²) < 4.78 is 13.5. The highest BCUT2D eigenvalue weighted by atomic mass is 19.1. The fourth-order valence-electron chi connectivity index (χ4n) is 1.94. The fourth-order valence-corrected chi connectivity index (χ4v) is 1.94. The van der Waals surface area contributed by atoms with Gasteiger partial charge in [0.2, 0.25) is 0 Å². The number of aliphatic imine (C=N–C) groups is 2. The number of allylic oxidation sites excluding steroid dienone is 2. The van der Waals surface area contributed by atoms with E-state index in [9.17, 15) is 9.18 Å². The maximum absolute atomic E-state index is 13.5. The van der Waals surface area contributed by atoms with E-state index in [2.05, 4.69) is 9.98 Å². The summed E-state index contributed by atoms with van der Waals surface area (Å²) in [5.74, 6) is -1.26. The molecule has 1 aliphatic heterocycles. The normalized spacial score (nSPS) is 13.7. The Morgan fingerprint density at radius 2 is 2.21 bits per heavy atom. The van der Waals surface area contributed by atoms with Gasteiger partial charge in [0.1, 0.15) is 11.9 Å². The van der Waals surface area contributed by atoms with Gasteiger partial charge in [-0.15, -0.1) is 0 Å². The van der Waals surface area contributed by atoms with E-state index in [-0.39, 0.29) is 5.82 Å². The quantitative estimate of drug-likeness (QED) is 0.680. The molecule has 2 rings (SSSR count). The number of halogens is 1. The molecule has 1 aromatic carbocycles. The Labute approximate surface area is 140 Å². The first-order chi connectivity index (χ1) is 11.5. The molecule has 1 aromatic rings. The zero-order chi connectivity index (χ0) is 17.9. The lowest BCUT2D eigenvalue weighted by Crippen LogP contribution is -2.06. The van der Waals surface area contributed by atoms with Crippen LogP contribution in [-0.4, -0.2) is 36.6 Å². The second kappa shape index (κ2) is 9.85. The van der Waals surface area contributed by atoms with Crippen molar-refractivity contribution in [1.29, 1.82) is 5.26 Å². The molecule has 0 bridgehead atoms. The van der Waals surface area contributed by atoms with E-state index in [0.29, 0.717) is 29.0 Å². The average molecular weight is 327 g/mol. The lowest BCUT2D eigenvalue weighted by Gasteiger charge is -2.05. The Morgan fingerprint density at radius 3 is 2.62 bits per heavy atom. The number of carboxylic acids is 1. The molecule has 0 spiro atoms. The Morgan fingerprint density at radius 1 is 1.50 bits per heavy atom. The molecule has 1 heterocycles. The zero-order valence-electron chi connectivity index (χ0n) is 13.5. The number of nitrogens with zero attached hydrogens (tertiary/aromatic N) is 3. The molecule has 0 saturated carbocycles. The predicted molar refractivity (Wildman–Crippen MR) is 91.9 cm³/mol. The lowest BCUT2D eigenvalue weighted by atomic mass is 10.0. The second-order valence-corrected chi connectivity index (χ2v) is 4.65. The molecular weight excluding hydrogens is 309 g/mol. The van der Waals surface area contributed by atoms with Crippen LogP contribution in [0.25, 0.3) is 0 Å². The van der Waals surface area contributed by atoms with Crippen molar-refractivity contribution in [3.05, 3.63) is 58.9 Å². The molecular formula is C18H18FN3O2. The van der Waals surface area contributed by atoms with Gasteiger partial charge in [0, 0.05) is 18.8 Å². The first-order valence-electron chi connectivity index (χ1n) is 7.30. The van der Waals surface area contributed by atoms with E-state index in [0.717, 1.165) is 6.42 Å². The van der Waals surface area contributed by atoms with Gasteiger partial charge < -0.3 is 5.11 Å².